The third kappa shape index (κ3) is 5.13. The molecule has 1 aromatic carbocycles. The van der Waals surface area contributed by atoms with Crippen molar-refractivity contribution >= 4 is 17.3 Å². The van der Waals surface area contributed by atoms with E-state index in [9.17, 15) is 0 Å². The molecule has 1 aliphatic heterocycles. The number of aliphatic imine (C=N–C) groups is 1. The number of guanidine groups is 1. The molecule has 23 heavy (non-hydrogen) atoms. The van der Waals surface area contributed by atoms with E-state index < -0.39 is 0 Å². The lowest BCUT2D eigenvalue weighted by Gasteiger charge is -2.31. The van der Waals surface area contributed by atoms with Gasteiger partial charge in [-0.05, 0) is 25.0 Å². The Morgan fingerprint density at radius 1 is 1.26 bits per heavy atom. The number of hydrogen-bond donors (Lipinski definition) is 2. The minimum absolute atomic E-state index is 0.789. The third-order valence-corrected chi connectivity index (χ3v) is 4.14. The van der Waals surface area contributed by atoms with Gasteiger partial charge in [0.05, 0.1) is 24.6 Å². The molecular weight excluding hydrogens is 288 g/mol. The Morgan fingerprint density at radius 3 is 2.74 bits per heavy atom. The molecule has 0 aliphatic carbocycles. The van der Waals surface area contributed by atoms with Gasteiger partial charge in [0.2, 0.25) is 0 Å². The van der Waals surface area contributed by atoms with E-state index in [-0.39, 0.29) is 0 Å². The molecule has 1 fully saturated rings. The van der Waals surface area contributed by atoms with Crippen LogP contribution in [0, 0.1) is 6.92 Å². The molecule has 1 aliphatic rings. The summed E-state index contributed by atoms with van der Waals surface area (Å²) in [4.78, 5) is 6.74. The van der Waals surface area contributed by atoms with Crippen LogP contribution in [-0.4, -0.2) is 45.9 Å². The standard InChI is InChI=1S/C18H30N4O/c1-4-5-6-10-20-18(19-3)21-17-15(2)8-7-9-16(17)22-11-13-23-14-12-22/h7-9H,4-6,10-14H2,1-3H3,(H2,19,20,21). The van der Waals surface area contributed by atoms with Gasteiger partial charge in [-0.3, -0.25) is 4.99 Å². The number of para-hydroxylation sites is 1. The van der Waals surface area contributed by atoms with E-state index in [4.69, 9.17) is 4.74 Å². The smallest absolute Gasteiger partial charge is 0.195 e. The summed E-state index contributed by atoms with van der Waals surface area (Å²) in [6, 6.07) is 6.42. The lowest BCUT2D eigenvalue weighted by atomic mass is 10.1. The Hall–Kier alpha value is -1.75. The summed E-state index contributed by atoms with van der Waals surface area (Å²) in [5, 5.41) is 6.90. The van der Waals surface area contributed by atoms with Crippen molar-refractivity contribution in [2.24, 2.45) is 4.99 Å². The number of morpholine rings is 1. The lowest BCUT2D eigenvalue weighted by molar-refractivity contribution is 0.123. The fraction of sp³-hybridized carbons (Fsp3) is 0.611. The number of benzene rings is 1. The van der Waals surface area contributed by atoms with Gasteiger partial charge in [0.25, 0.3) is 0 Å². The number of unbranched alkanes of at least 4 members (excludes halogenated alkanes) is 2. The largest absolute Gasteiger partial charge is 0.378 e. The molecule has 0 unspecified atom stereocenters. The predicted molar refractivity (Wildman–Crippen MR) is 98.7 cm³/mol. The SMILES string of the molecule is CCCCCNC(=NC)Nc1c(C)cccc1N1CCOCC1. The van der Waals surface area contributed by atoms with E-state index in [0.717, 1.165) is 44.5 Å². The fourth-order valence-corrected chi connectivity index (χ4v) is 2.76. The van der Waals surface area contributed by atoms with Crippen molar-refractivity contribution in [2.45, 2.75) is 33.1 Å². The lowest BCUT2D eigenvalue weighted by Crippen LogP contribution is -2.38. The third-order valence-electron chi connectivity index (χ3n) is 4.14. The van der Waals surface area contributed by atoms with Gasteiger partial charge < -0.3 is 20.3 Å². The van der Waals surface area contributed by atoms with Crippen LogP contribution in [0.5, 0.6) is 0 Å². The monoisotopic (exact) mass is 318 g/mol. The van der Waals surface area contributed by atoms with E-state index >= 15 is 0 Å². The molecule has 5 nitrogen and oxygen atoms in total. The van der Waals surface area contributed by atoms with Crippen molar-refractivity contribution in [1.82, 2.24) is 5.32 Å². The average Bonchev–Trinajstić information content (AvgIpc) is 2.59. The number of nitrogens with one attached hydrogen (secondary N) is 2. The van der Waals surface area contributed by atoms with Gasteiger partial charge in [-0.25, -0.2) is 0 Å². The van der Waals surface area contributed by atoms with Gasteiger partial charge in [0.15, 0.2) is 5.96 Å². The highest BCUT2D eigenvalue weighted by Gasteiger charge is 2.16. The zero-order valence-corrected chi connectivity index (χ0v) is 14.7. The Bertz CT molecular complexity index is 510. The summed E-state index contributed by atoms with van der Waals surface area (Å²) in [5.41, 5.74) is 3.59. The summed E-state index contributed by atoms with van der Waals surface area (Å²) in [7, 11) is 1.82. The molecule has 2 N–H and O–H groups in total. The molecular formula is C18H30N4O. The molecule has 0 bridgehead atoms. The van der Waals surface area contributed by atoms with Crippen LogP contribution in [-0.2, 0) is 4.74 Å². The van der Waals surface area contributed by atoms with E-state index in [1.165, 1.54) is 30.5 Å². The van der Waals surface area contributed by atoms with Crippen molar-refractivity contribution < 1.29 is 4.74 Å². The van der Waals surface area contributed by atoms with Gasteiger partial charge in [0, 0.05) is 26.7 Å². The van der Waals surface area contributed by atoms with Crippen LogP contribution in [0.2, 0.25) is 0 Å². The summed E-state index contributed by atoms with van der Waals surface area (Å²) in [5.74, 6) is 0.838. The molecule has 1 aromatic rings. The average molecular weight is 318 g/mol. The number of ether oxygens (including phenoxy) is 1. The van der Waals surface area contributed by atoms with Crippen LogP contribution in [0.15, 0.2) is 23.2 Å². The van der Waals surface area contributed by atoms with Crippen LogP contribution >= 0.6 is 0 Å². The number of nitrogens with zero attached hydrogens (tertiary/aromatic N) is 2. The summed E-state index contributed by atoms with van der Waals surface area (Å²) >= 11 is 0. The van der Waals surface area contributed by atoms with Crippen LogP contribution in [0.25, 0.3) is 0 Å². The molecule has 0 atom stereocenters. The Balaban J connectivity index is 2.08. The molecule has 0 saturated carbocycles. The molecule has 1 heterocycles. The highest BCUT2D eigenvalue weighted by Crippen LogP contribution is 2.29. The van der Waals surface area contributed by atoms with Crippen LogP contribution in [0.1, 0.15) is 31.7 Å². The summed E-state index contributed by atoms with van der Waals surface area (Å²) in [6.45, 7) is 8.74. The molecule has 0 aromatic heterocycles. The van der Waals surface area contributed by atoms with E-state index in [1.54, 1.807) is 0 Å². The van der Waals surface area contributed by atoms with Gasteiger partial charge >= 0.3 is 0 Å². The van der Waals surface area contributed by atoms with Crippen molar-refractivity contribution in [1.29, 1.82) is 0 Å². The Kier molecular flexibility index (Phi) is 7.20. The first-order valence-corrected chi connectivity index (χ1v) is 8.66. The maximum atomic E-state index is 5.47. The topological polar surface area (TPSA) is 48.9 Å². The second-order valence-electron chi connectivity index (χ2n) is 5.90. The second-order valence-corrected chi connectivity index (χ2v) is 5.90. The Morgan fingerprint density at radius 2 is 2.04 bits per heavy atom. The number of anilines is 2. The molecule has 5 heteroatoms. The first-order valence-electron chi connectivity index (χ1n) is 8.66. The zero-order valence-electron chi connectivity index (χ0n) is 14.7. The van der Waals surface area contributed by atoms with Crippen LogP contribution in [0.3, 0.4) is 0 Å². The molecule has 0 radical (unpaired) electrons. The minimum atomic E-state index is 0.789. The van der Waals surface area contributed by atoms with Crippen LogP contribution < -0.4 is 15.5 Å². The predicted octanol–water partition coefficient (Wildman–Crippen LogP) is 3.01. The first-order chi connectivity index (χ1) is 11.3. The summed E-state index contributed by atoms with van der Waals surface area (Å²) in [6.07, 6.45) is 3.64. The van der Waals surface area contributed by atoms with Crippen molar-refractivity contribution in [3.05, 3.63) is 23.8 Å². The van der Waals surface area contributed by atoms with E-state index in [0.29, 0.717) is 0 Å². The maximum absolute atomic E-state index is 5.47. The highest BCUT2D eigenvalue weighted by atomic mass is 16.5. The molecule has 0 spiro atoms. The first kappa shape index (κ1) is 17.6. The molecule has 1 saturated heterocycles. The zero-order chi connectivity index (χ0) is 16.5. The molecule has 0 amide bonds. The van der Waals surface area contributed by atoms with Gasteiger partial charge in [0.1, 0.15) is 0 Å². The molecule has 2 rings (SSSR count). The van der Waals surface area contributed by atoms with E-state index in [1.807, 2.05) is 7.05 Å². The fourth-order valence-electron chi connectivity index (χ4n) is 2.76. The van der Waals surface area contributed by atoms with Gasteiger partial charge in [-0.1, -0.05) is 31.9 Å². The quantitative estimate of drug-likeness (QED) is 0.481. The summed E-state index contributed by atoms with van der Waals surface area (Å²) < 4.78 is 5.47. The minimum Gasteiger partial charge on any atom is -0.378 e. The van der Waals surface area contributed by atoms with Crippen molar-refractivity contribution in [3.63, 3.8) is 0 Å². The maximum Gasteiger partial charge on any atom is 0.195 e. The number of rotatable bonds is 6. The Labute approximate surface area is 140 Å². The highest BCUT2D eigenvalue weighted by molar-refractivity contribution is 5.97. The van der Waals surface area contributed by atoms with Crippen molar-refractivity contribution in [2.75, 3.05) is 50.1 Å². The van der Waals surface area contributed by atoms with Crippen molar-refractivity contribution in [3.8, 4) is 0 Å². The number of hydrogen-bond acceptors (Lipinski definition) is 3. The van der Waals surface area contributed by atoms with E-state index in [2.05, 4.69) is 52.6 Å². The second kappa shape index (κ2) is 9.40. The van der Waals surface area contributed by atoms with Crippen LogP contribution in [0.4, 0.5) is 11.4 Å². The molecule has 128 valence electrons. The van der Waals surface area contributed by atoms with Gasteiger partial charge in [-0.2, -0.15) is 0 Å². The number of aryl methyl sites for hydroxylation is 1. The van der Waals surface area contributed by atoms with Gasteiger partial charge in [-0.15, -0.1) is 0 Å². The normalized spacial score (nSPS) is 15.6.